The van der Waals surface area contributed by atoms with Gasteiger partial charge in [-0.15, -0.1) is 11.3 Å². The Morgan fingerprint density at radius 1 is 1.06 bits per heavy atom. The third kappa shape index (κ3) is 3.82. The number of carboxylic acid groups (broad SMARTS) is 2. The van der Waals surface area contributed by atoms with Gasteiger partial charge in [-0.3, -0.25) is 14.4 Å². The minimum Gasteiger partial charge on any atom is -0.481 e. The van der Waals surface area contributed by atoms with E-state index in [0.717, 1.165) is 11.3 Å². The summed E-state index contributed by atoms with van der Waals surface area (Å²) in [6, 6.07) is 3.11. The molecule has 1 aromatic rings. The van der Waals surface area contributed by atoms with Crippen LogP contribution >= 0.6 is 11.3 Å². The van der Waals surface area contributed by atoms with Crippen LogP contribution in [0, 0.1) is 0 Å². The maximum Gasteiger partial charge on any atom is 0.308 e. The van der Waals surface area contributed by atoms with Gasteiger partial charge in [-0.1, -0.05) is 0 Å². The summed E-state index contributed by atoms with van der Waals surface area (Å²) in [5, 5.41) is 16.9. The van der Waals surface area contributed by atoms with Crippen molar-refractivity contribution in [1.82, 2.24) is 0 Å². The van der Waals surface area contributed by atoms with Crippen molar-refractivity contribution in [3.8, 4) is 0 Å². The molecule has 86 valence electrons. The summed E-state index contributed by atoms with van der Waals surface area (Å²) in [6.45, 7) is 0. The summed E-state index contributed by atoms with van der Waals surface area (Å²) in [5.41, 5.74) is 0. The lowest BCUT2D eigenvalue weighted by Gasteiger charge is -1.93. The van der Waals surface area contributed by atoms with Crippen molar-refractivity contribution in [3.05, 3.63) is 21.9 Å². The average Bonchev–Trinajstić information content (AvgIpc) is 2.61. The number of rotatable bonds is 6. The lowest BCUT2D eigenvalue weighted by molar-refractivity contribution is -0.137. The standard InChI is InChI=1S/C10H10O5S/c11-7(2-4-9(12)13)8-3-1-6(16-8)5-10(14)15/h1,3H,2,4-5H2,(H,12,13)(H,14,15). The third-order valence-corrected chi connectivity index (χ3v) is 2.95. The van der Waals surface area contributed by atoms with E-state index >= 15 is 0 Å². The quantitative estimate of drug-likeness (QED) is 0.736. The molecule has 0 fully saturated rings. The molecule has 0 saturated heterocycles. The minimum atomic E-state index is -1.02. The normalized spacial score (nSPS) is 10.0. The summed E-state index contributed by atoms with van der Waals surface area (Å²) in [6.07, 6.45) is -0.371. The number of thiophene rings is 1. The van der Waals surface area contributed by atoms with Gasteiger partial charge in [0.05, 0.1) is 17.7 Å². The van der Waals surface area contributed by atoms with E-state index in [1.807, 2.05) is 0 Å². The number of carbonyl (C=O) groups excluding carboxylic acids is 1. The van der Waals surface area contributed by atoms with Crippen molar-refractivity contribution < 1.29 is 24.6 Å². The van der Waals surface area contributed by atoms with Crippen LogP contribution in [-0.4, -0.2) is 27.9 Å². The lowest BCUT2D eigenvalue weighted by Crippen LogP contribution is -2.01. The molecule has 5 nitrogen and oxygen atoms in total. The Bertz CT molecular complexity index is 421. The minimum absolute atomic E-state index is 0.0532. The smallest absolute Gasteiger partial charge is 0.308 e. The Labute approximate surface area is 95.3 Å². The molecule has 0 amide bonds. The third-order valence-electron chi connectivity index (χ3n) is 1.83. The highest BCUT2D eigenvalue weighted by Gasteiger charge is 2.12. The van der Waals surface area contributed by atoms with Crippen LogP contribution < -0.4 is 0 Å². The molecule has 1 heterocycles. The molecule has 0 spiro atoms. The Morgan fingerprint density at radius 3 is 2.31 bits per heavy atom. The van der Waals surface area contributed by atoms with E-state index in [-0.39, 0.29) is 25.0 Å². The highest BCUT2D eigenvalue weighted by molar-refractivity contribution is 7.14. The molecule has 0 aliphatic heterocycles. The summed E-state index contributed by atoms with van der Waals surface area (Å²) >= 11 is 1.10. The number of ketones is 1. The first-order chi connectivity index (χ1) is 7.49. The Hall–Kier alpha value is -1.69. The number of hydrogen-bond donors (Lipinski definition) is 2. The molecule has 0 radical (unpaired) electrons. The van der Waals surface area contributed by atoms with E-state index in [1.54, 1.807) is 6.07 Å². The SMILES string of the molecule is O=C(O)CCC(=O)c1ccc(CC(=O)O)s1. The van der Waals surface area contributed by atoms with Gasteiger partial charge in [0.25, 0.3) is 0 Å². The van der Waals surface area contributed by atoms with Crippen molar-refractivity contribution >= 4 is 29.1 Å². The highest BCUT2D eigenvalue weighted by Crippen LogP contribution is 2.19. The van der Waals surface area contributed by atoms with Crippen LogP contribution in [0.25, 0.3) is 0 Å². The maximum atomic E-state index is 11.4. The zero-order chi connectivity index (χ0) is 12.1. The Kier molecular flexibility index (Phi) is 4.19. The molecule has 0 aliphatic carbocycles. The van der Waals surface area contributed by atoms with Crippen molar-refractivity contribution in [3.63, 3.8) is 0 Å². The highest BCUT2D eigenvalue weighted by atomic mass is 32.1. The molecule has 1 rings (SSSR count). The van der Waals surface area contributed by atoms with Gasteiger partial charge in [0.2, 0.25) is 0 Å². The zero-order valence-corrected chi connectivity index (χ0v) is 9.12. The van der Waals surface area contributed by atoms with E-state index in [4.69, 9.17) is 10.2 Å². The Balaban J connectivity index is 2.59. The molecular formula is C10H10O5S. The molecule has 2 N–H and O–H groups in total. The fourth-order valence-corrected chi connectivity index (χ4v) is 2.08. The van der Waals surface area contributed by atoms with Gasteiger partial charge < -0.3 is 10.2 Å². The van der Waals surface area contributed by atoms with Gasteiger partial charge in [-0.05, 0) is 12.1 Å². The molecule has 16 heavy (non-hydrogen) atoms. The topological polar surface area (TPSA) is 91.7 Å². The number of carboxylic acids is 2. The van der Waals surface area contributed by atoms with Gasteiger partial charge in [0, 0.05) is 11.3 Å². The van der Waals surface area contributed by atoms with Gasteiger partial charge in [-0.25, -0.2) is 0 Å². The van der Waals surface area contributed by atoms with Crippen LogP contribution in [0.1, 0.15) is 27.4 Å². The van der Waals surface area contributed by atoms with Crippen molar-refractivity contribution in [1.29, 1.82) is 0 Å². The molecule has 0 atom stereocenters. The van der Waals surface area contributed by atoms with Gasteiger partial charge >= 0.3 is 11.9 Å². The largest absolute Gasteiger partial charge is 0.481 e. The van der Waals surface area contributed by atoms with Crippen molar-refractivity contribution in [2.45, 2.75) is 19.3 Å². The van der Waals surface area contributed by atoms with Gasteiger partial charge in [0.1, 0.15) is 0 Å². The van der Waals surface area contributed by atoms with Gasteiger partial charge in [-0.2, -0.15) is 0 Å². The van der Waals surface area contributed by atoms with Crippen molar-refractivity contribution in [2.24, 2.45) is 0 Å². The first-order valence-electron chi connectivity index (χ1n) is 4.54. The average molecular weight is 242 g/mol. The molecular weight excluding hydrogens is 232 g/mol. The molecule has 0 aliphatic rings. The number of carbonyl (C=O) groups is 3. The van der Waals surface area contributed by atoms with Gasteiger partial charge in [0.15, 0.2) is 5.78 Å². The van der Waals surface area contributed by atoms with E-state index in [2.05, 4.69) is 0 Å². The lowest BCUT2D eigenvalue weighted by atomic mass is 10.2. The van der Waals surface area contributed by atoms with Crippen LogP contribution in [0.2, 0.25) is 0 Å². The fraction of sp³-hybridized carbons (Fsp3) is 0.300. The van der Waals surface area contributed by atoms with Crippen LogP contribution in [-0.2, 0) is 16.0 Å². The van der Waals surface area contributed by atoms with E-state index in [0.29, 0.717) is 9.75 Å². The molecule has 6 heteroatoms. The van der Waals surface area contributed by atoms with E-state index in [1.165, 1.54) is 6.07 Å². The van der Waals surface area contributed by atoms with Crippen LogP contribution in [0.4, 0.5) is 0 Å². The number of Topliss-reactive ketones (excluding diaryl/α,β-unsaturated/α-hetero) is 1. The number of hydrogen-bond acceptors (Lipinski definition) is 4. The summed E-state index contributed by atoms with van der Waals surface area (Å²) in [4.78, 5) is 33.1. The maximum absolute atomic E-state index is 11.4. The zero-order valence-electron chi connectivity index (χ0n) is 8.30. The van der Waals surface area contributed by atoms with E-state index < -0.39 is 11.9 Å². The molecule has 0 bridgehead atoms. The first-order valence-corrected chi connectivity index (χ1v) is 5.36. The second kappa shape index (κ2) is 5.41. The molecule has 0 saturated carbocycles. The second-order valence-corrected chi connectivity index (χ2v) is 4.32. The summed E-state index contributed by atoms with van der Waals surface area (Å²) in [5.74, 6) is -2.23. The monoisotopic (exact) mass is 242 g/mol. The van der Waals surface area contributed by atoms with Crippen LogP contribution in [0.3, 0.4) is 0 Å². The molecule has 0 aromatic carbocycles. The summed E-state index contributed by atoms with van der Waals surface area (Å²) < 4.78 is 0. The molecule has 1 aromatic heterocycles. The number of aliphatic carboxylic acids is 2. The van der Waals surface area contributed by atoms with Crippen LogP contribution in [0.15, 0.2) is 12.1 Å². The van der Waals surface area contributed by atoms with Crippen LogP contribution in [0.5, 0.6) is 0 Å². The second-order valence-electron chi connectivity index (χ2n) is 3.15. The van der Waals surface area contributed by atoms with E-state index in [9.17, 15) is 14.4 Å². The predicted octanol–water partition coefficient (Wildman–Crippen LogP) is 1.42. The Morgan fingerprint density at radius 2 is 1.75 bits per heavy atom. The first kappa shape index (κ1) is 12.4. The fourth-order valence-electron chi connectivity index (χ4n) is 1.12. The summed E-state index contributed by atoms with van der Waals surface area (Å²) in [7, 11) is 0. The van der Waals surface area contributed by atoms with Crippen molar-refractivity contribution in [2.75, 3.05) is 0 Å². The molecule has 0 unspecified atom stereocenters. The predicted molar refractivity (Wildman–Crippen MR) is 56.9 cm³/mol.